The molecule has 1 saturated carbocycles. The molecule has 1 fully saturated rings. The summed E-state index contributed by atoms with van der Waals surface area (Å²) < 4.78 is 26.8. The summed E-state index contributed by atoms with van der Waals surface area (Å²) in [4.78, 5) is 11.6. The topological polar surface area (TPSA) is 63.2 Å². The zero-order chi connectivity index (χ0) is 13.2. The number of nitrogens with one attached hydrogen (secondary N) is 1. The molecular formula is C13H17NO3S. The smallest absolute Gasteiger partial charge is 0.240 e. The average Bonchev–Trinajstić information content (AvgIpc) is 2.29. The Labute approximate surface area is 107 Å². The Morgan fingerprint density at radius 2 is 1.89 bits per heavy atom. The summed E-state index contributed by atoms with van der Waals surface area (Å²) in [7, 11) is -3.50. The minimum atomic E-state index is -3.50. The van der Waals surface area contributed by atoms with Crippen molar-refractivity contribution in [3.63, 3.8) is 0 Å². The number of aryl methyl sites for hydroxylation is 1. The average molecular weight is 267 g/mol. The molecule has 0 amide bonds. The minimum Gasteiger partial charge on any atom is -0.300 e. The van der Waals surface area contributed by atoms with Crippen molar-refractivity contribution in [2.24, 2.45) is 0 Å². The van der Waals surface area contributed by atoms with Crippen molar-refractivity contribution < 1.29 is 13.2 Å². The monoisotopic (exact) mass is 267 g/mol. The highest BCUT2D eigenvalue weighted by molar-refractivity contribution is 7.89. The molecule has 1 unspecified atom stereocenters. The maximum absolute atomic E-state index is 12.1. The van der Waals surface area contributed by atoms with Crippen LogP contribution in [0.25, 0.3) is 0 Å². The normalized spacial score (nSPS) is 20.9. The summed E-state index contributed by atoms with van der Waals surface area (Å²) >= 11 is 0. The van der Waals surface area contributed by atoms with Crippen LogP contribution >= 0.6 is 0 Å². The molecule has 4 nitrogen and oxygen atoms in total. The third-order valence-electron chi connectivity index (χ3n) is 3.14. The van der Waals surface area contributed by atoms with Gasteiger partial charge in [-0.1, -0.05) is 17.7 Å². The molecule has 0 heterocycles. The summed E-state index contributed by atoms with van der Waals surface area (Å²) in [6.07, 6.45) is 2.38. The summed E-state index contributed by atoms with van der Waals surface area (Å²) in [5.74, 6) is 0.137. The van der Waals surface area contributed by atoms with Gasteiger partial charge in [0.05, 0.1) is 4.90 Å². The second-order valence-corrected chi connectivity index (χ2v) is 6.48. The van der Waals surface area contributed by atoms with Gasteiger partial charge in [-0.2, -0.15) is 0 Å². The van der Waals surface area contributed by atoms with Crippen molar-refractivity contribution in [2.45, 2.75) is 43.5 Å². The van der Waals surface area contributed by atoms with Gasteiger partial charge in [-0.3, -0.25) is 4.79 Å². The molecule has 0 spiro atoms. The van der Waals surface area contributed by atoms with Gasteiger partial charge in [-0.25, -0.2) is 13.1 Å². The van der Waals surface area contributed by atoms with Crippen LogP contribution in [0.15, 0.2) is 29.2 Å². The highest BCUT2D eigenvalue weighted by atomic mass is 32.2. The third-order valence-corrected chi connectivity index (χ3v) is 4.67. The van der Waals surface area contributed by atoms with Crippen LogP contribution in [-0.4, -0.2) is 20.2 Å². The first-order valence-corrected chi connectivity index (χ1v) is 7.56. The molecule has 0 radical (unpaired) electrons. The number of hydrogen-bond donors (Lipinski definition) is 1. The second kappa shape index (κ2) is 5.20. The van der Waals surface area contributed by atoms with E-state index in [0.717, 1.165) is 18.4 Å². The largest absolute Gasteiger partial charge is 0.300 e. The molecule has 5 heteroatoms. The standard InChI is InChI=1S/C13H17NO3S/c1-10-5-7-13(8-6-10)18(16,17)14-11-3-2-4-12(15)9-11/h5-8,11,14H,2-4,9H2,1H3. The lowest BCUT2D eigenvalue weighted by atomic mass is 9.95. The van der Waals surface area contributed by atoms with Gasteiger partial charge in [-0.05, 0) is 31.9 Å². The number of sulfonamides is 1. The molecule has 1 atom stereocenters. The summed E-state index contributed by atoms with van der Waals surface area (Å²) in [5, 5.41) is 0. The Balaban J connectivity index is 2.11. The number of carbonyl (C=O) groups is 1. The van der Waals surface area contributed by atoms with Crippen LogP contribution < -0.4 is 4.72 Å². The van der Waals surface area contributed by atoms with Crippen LogP contribution in [0, 0.1) is 6.92 Å². The zero-order valence-electron chi connectivity index (χ0n) is 10.3. The fourth-order valence-electron chi connectivity index (χ4n) is 2.13. The molecule has 1 aliphatic rings. The first-order chi connectivity index (χ1) is 8.47. The van der Waals surface area contributed by atoms with Gasteiger partial charge in [0.15, 0.2) is 0 Å². The fourth-order valence-corrected chi connectivity index (χ4v) is 3.40. The molecule has 2 rings (SSSR count). The fraction of sp³-hybridized carbons (Fsp3) is 0.462. The van der Waals surface area contributed by atoms with Crippen LogP contribution in [0.1, 0.15) is 31.2 Å². The molecule has 1 aliphatic carbocycles. The molecule has 18 heavy (non-hydrogen) atoms. The van der Waals surface area contributed by atoms with Gasteiger partial charge in [0.25, 0.3) is 0 Å². The maximum atomic E-state index is 12.1. The van der Waals surface area contributed by atoms with E-state index in [1.165, 1.54) is 0 Å². The van der Waals surface area contributed by atoms with Gasteiger partial charge >= 0.3 is 0 Å². The Bertz CT molecular complexity index is 534. The number of benzene rings is 1. The van der Waals surface area contributed by atoms with E-state index in [-0.39, 0.29) is 16.7 Å². The van der Waals surface area contributed by atoms with Crippen molar-refractivity contribution in [3.8, 4) is 0 Å². The van der Waals surface area contributed by atoms with E-state index in [9.17, 15) is 13.2 Å². The quantitative estimate of drug-likeness (QED) is 0.908. The van der Waals surface area contributed by atoms with Crippen molar-refractivity contribution in [3.05, 3.63) is 29.8 Å². The minimum absolute atomic E-state index is 0.137. The maximum Gasteiger partial charge on any atom is 0.240 e. The lowest BCUT2D eigenvalue weighted by Gasteiger charge is -2.21. The molecule has 0 saturated heterocycles. The Morgan fingerprint density at radius 1 is 1.22 bits per heavy atom. The van der Waals surface area contributed by atoms with Crippen LogP contribution in [0.5, 0.6) is 0 Å². The third kappa shape index (κ3) is 3.17. The lowest BCUT2D eigenvalue weighted by Crippen LogP contribution is -2.38. The first-order valence-electron chi connectivity index (χ1n) is 6.08. The number of Topliss-reactive ketones (excluding diaryl/α,β-unsaturated/α-hetero) is 1. The molecule has 1 aromatic carbocycles. The van der Waals surface area contributed by atoms with Crippen LogP contribution in [0.4, 0.5) is 0 Å². The molecule has 0 aromatic heterocycles. The Kier molecular flexibility index (Phi) is 3.82. The predicted molar refractivity (Wildman–Crippen MR) is 68.8 cm³/mol. The molecule has 1 aromatic rings. The van der Waals surface area contributed by atoms with Gasteiger partial charge in [0.2, 0.25) is 10.0 Å². The van der Waals surface area contributed by atoms with E-state index in [4.69, 9.17) is 0 Å². The summed E-state index contributed by atoms with van der Waals surface area (Å²) in [5.41, 5.74) is 1.02. The first kappa shape index (κ1) is 13.2. The van der Waals surface area contributed by atoms with E-state index in [1.807, 2.05) is 6.92 Å². The van der Waals surface area contributed by atoms with Gasteiger partial charge in [-0.15, -0.1) is 0 Å². The lowest BCUT2D eigenvalue weighted by molar-refractivity contribution is -0.120. The van der Waals surface area contributed by atoms with Crippen LogP contribution in [-0.2, 0) is 14.8 Å². The second-order valence-electron chi connectivity index (χ2n) is 4.77. The zero-order valence-corrected chi connectivity index (χ0v) is 11.2. The predicted octanol–water partition coefficient (Wildman–Crippen LogP) is 1.79. The van der Waals surface area contributed by atoms with Crippen LogP contribution in [0.2, 0.25) is 0 Å². The SMILES string of the molecule is Cc1ccc(S(=O)(=O)NC2CCCC(=O)C2)cc1. The molecule has 0 bridgehead atoms. The van der Waals surface area contributed by atoms with Crippen LogP contribution in [0.3, 0.4) is 0 Å². The molecular weight excluding hydrogens is 250 g/mol. The van der Waals surface area contributed by atoms with Crippen molar-refractivity contribution in [1.29, 1.82) is 0 Å². The highest BCUT2D eigenvalue weighted by Crippen LogP contribution is 2.18. The van der Waals surface area contributed by atoms with Gasteiger partial charge in [0, 0.05) is 18.9 Å². The van der Waals surface area contributed by atoms with E-state index in [1.54, 1.807) is 24.3 Å². The van der Waals surface area contributed by atoms with E-state index in [0.29, 0.717) is 12.8 Å². The molecule has 98 valence electrons. The number of ketones is 1. The van der Waals surface area contributed by atoms with E-state index < -0.39 is 10.0 Å². The number of hydrogen-bond acceptors (Lipinski definition) is 3. The summed E-state index contributed by atoms with van der Waals surface area (Å²) in [6.45, 7) is 1.91. The van der Waals surface area contributed by atoms with E-state index >= 15 is 0 Å². The Hall–Kier alpha value is -1.20. The van der Waals surface area contributed by atoms with Gasteiger partial charge in [0.1, 0.15) is 5.78 Å². The molecule has 1 N–H and O–H groups in total. The Morgan fingerprint density at radius 3 is 2.50 bits per heavy atom. The molecule has 0 aliphatic heterocycles. The van der Waals surface area contributed by atoms with Crippen molar-refractivity contribution in [2.75, 3.05) is 0 Å². The number of carbonyl (C=O) groups excluding carboxylic acids is 1. The van der Waals surface area contributed by atoms with E-state index in [2.05, 4.69) is 4.72 Å². The van der Waals surface area contributed by atoms with Crippen molar-refractivity contribution in [1.82, 2.24) is 4.72 Å². The highest BCUT2D eigenvalue weighted by Gasteiger charge is 2.24. The van der Waals surface area contributed by atoms with Crippen molar-refractivity contribution >= 4 is 15.8 Å². The van der Waals surface area contributed by atoms with Gasteiger partial charge < -0.3 is 0 Å². The number of rotatable bonds is 3. The summed E-state index contributed by atoms with van der Waals surface area (Å²) in [6, 6.07) is 6.45.